The molecule has 2 rings (SSSR count). The molecular formula is C20H26F3N3O6. The van der Waals surface area contributed by atoms with Crippen molar-refractivity contribution in [3.63, 3.8) is 0 Å². The van der Waals surface area contributed by atoms with Gasteiger partial charge < -0.3 is 14.6 Å². The van der Waals surface area contributed by atoms with E-state index >= 15 is 0 Å². The van der Waals surface area contributed by atoms with Crippen LogP contribution in [-0.2, 0) is 20.4 Å². The summed E-state index contributed by atoms with van der Waals surface area (Å²) in [5.41, 5.74) is -1.38. The van der Waals surface area contributed by atoms with Crippen molar-refractivity contribution in [2.75, 3.05) is 6.61 Å². The average molecular weight is 461 g/mol. The van der Waals surface area contributed by atoms with Gasteiger partial charge in [-0.25, -0.2) is 4.79 Å². The first-order valence-electron chi connectivity index (χ1n) is 9.57. The Morgan fingerprint density at radius 2 is 1.72 bits per heavy atom. The molecule has 32 heavy (non-hydrogen) atoms. The molecule has 0 saturated carbocycles. The molecule has 1 fully saturated rings. The molecule has 9 nitrogen and oxygen atoms in total. The first-order valence-corrected chi connectivity index (χ1v) is 9.57. The van der Waals surface area contributed by atoms with Crippen molar-refractivity contribution in [1.82, 2.24) is 15.8 Å². The maximum Gasteiger partial charge on any atom is 0.419 e. The molecule has 1 aliphatic heterocycles. The van der Waals surface area contributed by atoms with Gasteiger partial charge >= 0.3 is 12.3 Å². The smallest absolute Gasteiger partial charge is 0.419 e. The van der Waals surface area contributed by atoms with Gasteiger partial charge in [0.15, 0.2) is 0 Å². The number of ether oxygens (including phenoxy) is 2. The largest absolute Gasteiger partial charge is 0.507 e. The topological polar surface area (TPSA) is 117 Å². The highest BCUT2D eigenvalue weighted by molar-refractivity contribution is 5.97. The number of alkyl halides is 3. The van der Waals surface area contributed by atoms with Gasteiger partial charge in [0, 0.05) is 5.56 Å². The number of hydrogen-bond donors (Lipinski definition) is 3. The molecule has 0 aliphatic carbocycles. The quantitative estimate of drug-likeness (QED) is 0.583. The lowest BCUT2D eigenvalue weighted by Crippen LogP contribution is -2.63. The molecule has 0 spiro atoms. The van der Waals surface area contributed by atoms with Crippen molar-refractivity contribution in [1.29, 1.82) is 0 Å². The van der Waals surface area contributed by atoms with E-state index < -0.39 is 57.8 Å². The number of carbonyl (C=O) groups excluding carboxylic acids is 3. The highest BCUT2D eigenvalue weighted by Crippen LogP contribution is 2.37. The predicted molar refractivity (Wildman–Crippen MR) is 105 cm³/mol. The second-order valence-corrected chi connectivity index (χ2v) is 8.96. The van der Waals surface area contributed by atoms with E-state index in [1.165, 1.54) is 6.92 Å². The van der Waals surface area contributed by atoms with Crippen LogP contribution in [0.2, 0.25) is 0 Å². The van der Waals surface area contributed by atoms with E-state index in [0.29, 0.717) is 6.07 Å². The Morgan fingerprint density at radius 3 is 2.25 bits per heavy atom. The predicted octanol–water partition coefficient (Wildman–Crippen LogP) is 2.93. The third-order valence-corrected chi connectivity index (χ3v) is 4.66. The summed E-state index contributed by atoms with van der Waals surface area (Å²) in [6, 6.07) is 2.13. The van der Waals surface area contributed by atoms with Gasteiger partial charge in [-0.3, -0.25) is 25.3 Å². The number of hydrogen-bond acceptors (Lipinski definition) is 6. The number of nitrogens with one attached hydrogen (secondary N) is 2. The number of aromatic hydroxyl groups is 1. The van der Waals surface area contributed by atoms with E-state index in [1.54, 1.807) is 34.6 Å². The maximum absolute atomic E-state index is 12.9. The molecule has 3 amide bonds. The number of amides is 3. The lowest BCUT2D eigenvalue weighted by atomic mass is 10.0. The number of halogens is 3. The van der Waals surface area contributed by atoms with Gasteiger partial charge in [0.25, 0.3) is 11.8 Å². The van der Waals surface area contributed by atoms with Gasteiger partial charge in [-0.1, -0.05) is 0 Å². The van der Waals surface area contributed by atoms with Gasteiger partial charge in [0.05, 0.1) is 12.2 Å². The minimum absolute atomic E-state index is 0.224. The molecular weight excluding hydrogens is 435 g/mol. The Hall–Kier alpha value is -3.02. The number of benzene rings is 1. The first kappa shape index (κ1) is 25.2. The fraction of sp³-hybridized carbons (Fsp3) is 0.550. The number of carbonyl (C=O) groups is 3. The Kier molecular flexibility index (Phi) is 6.43. The van der Waals surface area contributed by atoms with Gasteiger partial charge in [0.2, 0.25) is 0 Å². The van der Waals surface area contributed by atoms with Crippen molar-refractivity contribution in [3.05, 3.63) is 29.3 Å². The zero-order chi connectivity index (χ0) is 24.7. The lowest BCUT2D eigenvalue weighted by Gasteiger charge is -2.39. The van der Waals surface area contributed by atoms with Crippen molar-refractivity contribution in [2.24, 2.45) is 0 Å². The van der Waals surface area contributed by atoms with Crippen LogP contribution in [-0.4, -0.2) is 51.4 Å². The summed E-state index contributed by atoms with van der Waals surface area (Å²) in [7, 11) is 0. The highest BCUT2D eigenvalue weighted by Gasteiger charge is 2.57. The average Bonchev–Trinajstić information content (AvgIpc) is 2.87. The standard InChI is InChI=1S/C20H26F3N3O6/c1-17(2,3)32-16(30)26-18(4,5)31-10-19(26,6)15(29)25-24-14(28)11-7-8-13(27)12(9-11)20(21,22)23/h7-9,27H,10H2,1-6H3,(H,24,28)(H,25,29)/t19-/m0/s1. The second-order valence-electron chi connectivity index (χ2n) is 8.96. The van der Waals surface area contributed by atoms with Gasteiger partial charge in [0.1, 0.15) is 22.6 Å². The number of phenolic OH excluding ortho intramolecular Hbond substituents is 1. The summed E-state index contributed by atoms with van der Waals surface area (Å²) in [6.07, 6.45) is -5.70. The van der Waals surface area contributed by atoms with Crippen LogP contribution in [0.5, 0.6) is 5.75 Å². The fourth-order valence-electron chi connectivity index (χ4n) is 3.16. The van der Waals surface area contributed by atoms with Crippen LogP contribution in [0.4, 0.5) is 18.0 Å². The van der Waals surface area contributed by atoms with Crippen LogP contribution < -0.4 is 10.9 Å². The molecule has 0 unspecified atom stereocenters. The summed E-state index contributed by atoms with van der Waals surface area (Å²) in [5.74, 6) is -2.95. The van der Waals surface area contributed by atoms with E-state index in [2.05, 4.69) is 5.43 Å². The second kappa shape index (κ2) is 8.15. The van der Waals surface area contributed by atoms with Crippen LogP contribution in [0.1, 0.15) is 57.5 Å². The third-order valence-electron chi connectivity index (χ3n) is 4.66. The Labute approximate surface area is 182 Å². The van der Waals surface area contributed by atoms with Crippen molar-refractivity contribution >= 4 is 17.9 Å². The van der Waals surface area contributed by atoms with Crippen molar-refractivity contribution in [2.45, 2.75) is 64.6 Å². The normalized spacial score (nSPS) is 20.6. The van der Waals surface area contributed by atoms with Crippen LogP contribution in [0.3, 0.4) is 0 Å². The van der Waals surface area contributed by atoms with Crippen LogP contribution in [0.15, 0.2) is 18.2 Å². The van der Waals surface area contributed by atoms with Crippen molar-refractivity contribution in [3.8, 4) is 5.75 Å². The molecule has 1 saturated heterocycles. The lowest BCUT2D eigenvalue weighted by molar-refractivity contribution is -0.138. The molecule has 0 radical (unpaired) electrons. The van der Waals surface area contributed by atoms with Crippen molar-refractivity contribution < 1.29 is 42.1 Å². The highest BCUT2D eigenvalue weighted by atomic mass is 19.4. The summed E-state index contributed by atoms with van der Waals surface area (Å²) >= 11 is 0. The summed E-state index contributed by atoms with van der Waals surface area (Å²) < 4.78 is 49.8. The number of nitrogens with zero attached hydrogens (tertiary/aromatic N) is 1. The van der Waals surface area contributed by atoms with Crippen LogP contribution in [0.25, 0.3) is 0 Å². The molecule has 0 aromatic heterocycles. The minimum atomic E-state index is -4.88. The summed E-state index contributed by atoms with van der Waals surface area (Å²) in [5, 5.41) is 9.37. The first-order chi connectivity index (χ1) is 14.4. The molecule has 1 atom stereocenters. The fourth-order valence-corrected chi connectivity index (χ4v) is 3.16. The van der Waals surface area contributed by atoms with Gasteiger partial charge in [-0.15, -0.1) is 0 Å². The SMILES string of the molecule is CC(C)(C)OC(=O)N1C(C)(C)OC[C@@]1(C)C(=O)NNC(=O)c1ccc(O)c(C(F)(F)F)c1. The number of hydrazine groups is 1. The van der Waals surface area contributed by atoms with E-state index in [-0.39, 0.29) is 6.61 Å². The molecule has 3 N–H and O–H groups in total. The van der Waals surface area contributed by atoms with Crippen LogP contribution in [0, 0.1) is 0 Å². The Morgan fingerprint density at radius 1 is 1.12 bits per heavy atom. The Bertz CT molecular complexity index is 926. The molecule has 1 aromatic carbocycles. The number of rotatable bonds is 2. The number of phenols is 1. The van der Waals surface area contributed by atoms with Crippen LogP contribution >= 0.6 is 0 Å². The molecule has 12 heteroatoms. The molecule has 1 heterocycles. The van der Waals surface area contributed by atoms with Gasteiger partial charge in [-0.05, 0) is 59.7 Å². The molecule has 178 valence electrons. The summed E-state index contributed by atoms with van der Waals surface area (Å²) in [6.45, 7) is 9.25. The maximum atomic E-state index is 12.9. The van der Waals surface area contributed by atoms with E-state index in [0.717, 1.165) is 17.0 Å². The Balaban J connectivity index is 2.19. The van der Waals surface area contributed by atoms with E-state index in [4.69, 9.17) is 9.47 Å². The van der Waals surface area contributed by atoms with E-state index in [1.807, 2.05) is 5.43 Å². The summed E-state index contributed by atoms with van der Waals surface area (Å²) in [4.78, 5) is 39.0. The molecule has 1 aliphatic rings. The molecule has 1 aromatic rings. The zero-order valence-electron chi connectivity index (χ0n) is 18.5. The third kappa shape index (κ3) is 5.23. The van der Waals surface area contributed by atoms with E-state index in [9.17, 15) is 32.7 Å². The zero-order valence-corrected chi connectivity index (χ0v) is 18.5. The molecule has 0 bridgehead atoms. The monoisotopic (exact) mass is 461 g/mol. The minimum Gasteiger partial charge on any atom is -0.507 e. The van der Waals surface area contributed by atoms with Gasteiger partial charge in [-0.2, -0.15) is 13.2 Å².